The summed E-state index contributed by atoms with van der Waals surface area (Å²) in [6.45, 7) is 0. The second-order valence-electron chi connectivity index (χ2n) is 2.96. The molecule has 0 radical (unpaired) electrons. The first-order valence-corrected chi connectivity index (χ1v) is 4.03. The molecule has 0 aliphatic rings. The van der Waals surface area contributed by atoms with Crippen molar-refractivity contribution in [3.63, 3.8) is 0 Å². The molecule has 0 amide bonds. The number of nitrogens with two attached hydrogens (primary N) is 1. The zero-order valence-corrected chi connectivity index (χ0v) is 7.92. The van der Waals surface area contributed by atoms with Crippen LogP contribution in [0.25, 0.3) is 0 Å². The minimum Gasteiger partial charge on any atom is -0.477 e. The van der Waals surface area contributed by atoms with E-state index in [4.69, 9.17) is 10.8 Å². The van der Waals surface area contributed by atoms with E-state index in [9.17, 15) is 26.7 Å². The number of alkyl halides is 5. The summed E-state index contributed by atoms with van der Waals surface area (Å²) >= 11 is 0. The van der Waals surface area contributed by atoms with Crippen LogP contribution in [-0.2, 0) is 6.18 Å². The number of nitrogens with zero attached hydrogens (tertiary/aromatic N) is 1. The maximum absolute atomic E-state index is 12.4. The molecule has 1 heterocycles. The zero-order chi connectivity index (χ0) is 13.4. The van der Waals surface area contributed by atoms with E-state index in [1.54, 1.807) is 0 Å². The van der Waals surface area contributed by atoms with Gasteiger partial charge in [-0.15, -0.1) is 0 Å². The average Bonchev–Trinajstić information content (AvgIpc) is 2.13. The molecular weight excluding hydrogens is 251 g/mol. The largest absolute Gasteiger partial charge is 0.477 e. The molecule has 17 heavy (non-hydrogen) atoms. The van der Waals surface area contributed by atoms with Crippen LogP contribution in [0.2, 0.25) is 0 Å². The van der Waals surface area contributed by atoms with Crippen LogP contribution in [-0.4, -0.2) is 16.1 Å². The standard InChI is InChI=1S/C8H5F5N2O2/c9-6(10)5-4(8(11,12)13)2(14)1-3(15-5)7(16)17/h1,6H,(H2,14,15)(H,16,17). The van der Waals surface area contributed by atoms with Crippen molar-refractivity contribution < 1.29 is 31.9 Å². The van der Waals surface area contributed by atoms with Crippen LogP contribution in [0.15, 0.2) is 6.07 Å². The number of carboxylic acids is 1. The van der Waals surface area contributed by atoms with E-state index in [2.05, 4.69) is 4.98 Å². The zero-order valence-electron chi connectivity index (χ0n) is 7.92. The lowest BCUT2D eigenvalue weighted by atomic mass is 10.1. The van der Waals surface area contributed by atoms with Gasteiger partial charge < -0.3 is 10.8 Å². The van der Waals surface area contributed by atoms with Crippen LogP contribution in [0, 0.1) is 0 Å². The molecule has 0 aliphatic carbocycles. The molecule has 0 unspecified atom stereocenters. The van der Waals surface area contributed by atoms with Gasteiger partial charge in [-0.25, -0.2) is 18.6 Å². The number of carboxylic acid groups (broad SMARTS) is 1. The Balaban J connectivity index is 3.55. The molecule has 0 aromatic carbocycles. The van der Waals surface area contributed by atoms with Crippen molar-refractivity contribution in [2.24, 2.45) is 0 Å². The Morgan fingerprint density at radius 2 is 1.94 bits per heavy atom. The van der Waals surface area contributed by atoms with Gasteiger partial charge in [-0.2, -0.15) is 13.2 Å². The van der Waals surface area contributed by atoms with Gasteiger partial charge in [0.2, 0.25) is 0 Å². The summed E-state index contributed by atoms with van der Waals surface area (Å²) < 4.78 is 61.9. The molecule has 0 spiro atoms. The van der Waals surface area contributed by atoms with E-state index in [0.29, 0.717) is 6.07 Å². The first-order valence-electron chi connectivity index (χ1n) is 4.03. The van der Waals surface area contributed by atoms with E-state index in [1.807, 2.05) is 0 Å². The van der Waals surface area contributed by atoms with Crippen molar-refractivity contribution in [3.05, 3.63) is 23.0 Å². The Morgan fingerprint density at radius 1 is 1.41 bits per heavy atom. The Bertz CT molecular complexity index is 458. The Morgan fingerprint density at radius 3 is 2.29 bits per heavy atom. The molecule has 0 aliphatic heterocycles. The third-order valence-electron chi connectivity index (χ3n) is 1.79. The van der Waals surface area contributed by atoms with Crippen LogP contribution in [0.1, 0.15) is 28.2 Å². The minimum atomic E-state index is -5.13. The molecule has 0 saturated carbocycles. The Hall–Kier alpha value is -1.93. The van der Waals surface area contributed by atoms with Gasteiger partial charge in [0.05, 0.1) is 0 Å². The molecule has 9 heteroatoms. The van der Waals surface area contributed by atoms with E-state index < -0.39 is 41.2 Å². The summed E-state index contributed by atoms with van der Waals surface area (Å²) in [6, 6.07) is 0.386. The second kappa shape index (κ2) is 4.15. The van der Waals surface area contributed by atoms with Gasteiger partial charge in [0.15, 0.2) is 5.69 Å². The second-order valence-corrected chi connectivity index (χ2v) is 2.96. The van der Waals surface area contributed by atoms with E-state index in [-0.39, 0.29) is 0 Å². The lowest BCUT2D eigenvalue weighted by Gasteiger charge is -2.14. The highest BCUT2D eigenvalue weighted by molar-refractivity contribution is 5.86. The SMILES string of the molecule is Nc1cc(C(=O)O)nc(C(F)F)c1C(F)(F)F. The summed E-state index contributed by atoms with van der Waals surface area (Å²) in [5, 5.41) is 8.46. The molecule has 0 fully saturated rings. The smallest absolute Gasteiger partial charge is 0.420 e. The highest BCUT2D eigenvalue weighted by atomic mass is 19.4. The number of aromatic carboxylic acids is 1. The summed E-state index contributed by atoms with van der Waals surface area (Å²) in [5.41, 5.74) is -0.630. The van der Waals surface area contributed by atoms with E-state index in [0.717, 1.165) is 0 Å². The first-order chi connectivity index (χ1) is 7.64. The van der Waals surface area contributed by atoms with Crippen molar-refractivity contribution in [2.45, 2.75) is 12.6 Å². The molecule has 0 bridgehead atoms. The quantitative estimate of drug-likeness (QED) is 0.796. The predicted octanol–water partition coefficient (Wildman–Crippen LogP) is 2.32. The molecule has 94 valence electrons. The number of carbonyl (C=O) groups is 1. The first kappa shape index (κ1) is 13.1. The number of pyridine rings is 1. The van der Waals surface area contributed by atoms with Crippen molar-refractivity contribution in [3.8, 4) is 0 Å². The van der Waals surface area contributed by atoms with E-state index in [1.165, 1.54) is 0 Å². The number of anilines is 1. The van der Waals surface area contributed by atoms with Crippen LogP contribution >= 0.6 is 0 Å². The van der Waals surface area contributed by atoms with Gasteiger partial charge in [0.25, 0.3) is 6.43 Å². The van der Waals surface area contributed by atoms with Gasteiger partial charge in [-0.3, -0.25) is 0 Å². The highest BCUT2D eigenvalue weighted by Gasteiger charge is 2.39. The number of hydrogen-bond donors (Lipinski definition) is 2. The summed E-state index contributed by atoms with van der Waals surface area (Å²) in [4.78, 5) is 13.2. The molecule has 3 N–H and O–H groups in total. The molecular formula is C8H5F5N2O2. The fourth-order valence-corrected chi connectivity index (χ4v) is 1.16. The number of halogens is 5. The normalized spacial score (nSPS) is 11.9. The van der Waals surface area contributed by atoms with Gasteiger partial charge in [-0.1, -0.05) is 0 Å². The number of rotatable bonds is 2. The fraction of sp³-hybridized carbons (Fsp3) is 0.250. The summed E-state index contributed by atoms with van der Waals surface area (Å²) in [6.07, 6.45) is -8.70. The Labute approximate surface area is 90.9 Å². The summed E-state index contributed by atoms with van der Waals surface area (Å²) in [7, 11) is 0. The van der Waals surface area contributed by atoms with E-state index >= 15 is 0 Å². The van der Waals surface area contributed by atoms with Crippen molar-refractivity contribution >= 4 is 11.7 Å². The summed E-state index contributed by atoms with van der Waals surface area (Å²) in [5.74, 6) is -1.74. The molecule has 1 aromatic rings. The van der Waals surface area contributed by atoms with Gasteiger partial charge in [-0.05, 0) is 6.07 Å². The van der Waals surface area contributed by atoms with Crippen molar-refractivity contribution in [1.82, 2.24) is 4.98 Å². The van der Waals surface area contributed by atoms with Crippen molar-refractivity contribution in [1.29, 1.82) is 0 Å². The van der Waals surface area contributed by atoms with Gasteiger partial charge in [0.1, 0.15) is 11.3 Å². The molecule has 4 nitrogen and oxygen atoms in total. The van der Waals surface area contributed by atoms with Crippen molar-refractivity contribution in [2.75, 3.05) is 5.73 Å². The minimum absolute atomic E-state index is 0.386. The van der Waals surface area contributed by atoms with Crippen LogP contribution in [0.3, 0.4) is 0 Å². The third-order valence-corrected chi connectivity index (χ3v) is 1.79. The van der Waals surface area contributed by atoms with Crippen LogP contribution in [0.5, 0.6) is 0 Å². The topological polar surface area (TPSA) is 76.2 Å². The Kier molecular flexibility index (Phi) is 3.21. The predicted molar refractivity (Wildman–Crippen MR) is 45.6 cm³/mol. The number of nitrogen functional groups attached to an aromatic ring is 1. The molecule has 1 aromatic heterocycles. The highest BCUT2D eigenvalue weighted by Crippen LogP contribution is 2.39. The monoisotopic (exact) mass is 256 g/mol. The fourth-order valence-electron chi connectivity index (χ4n) is 1.16. The molecule has 0 saturated heterocycles. The van der Waals surface area contributed by atoms with Gasteiger partial charge >= 0.3 is 12.1 Å². The molecule has 0 atom stereocenters. The maximum Gasteiger partial charge on any atom is 0.420 e. The maximum atomic E-state index is 12.4. The third kappa shape index (κ3) is 2.60. The average molecular weight is 256 g/mol. The van der Waals surface area contributed by atoms with Crippen LogP contribution < -0.4 is 5.73 Å². The number of aromatic nitrogens is 1. The lowest BCUT2D eigenvalue weighted by Crippen LogP contribution is -2.17. The van der Waals surface area contributed by atoms with Crippen LogP contribution in [0.4, 0.5) is 27.6 Å². The number of hydrogen-bond acceptors (Lipinski definition) is 3. The molecule has 1 rings (SSSR count). The lowest BCUT2D eigenvalue weighted by molar-refractivity contribution is -0.139. The van der Waals surface area contributed by atoms with Gasteiger partial charge in [0, 0.05) is 5.69 Å².